The lowest BCUT2D eigenvalue weighted by atomic mass is 10.0. The van der Waals surface area contributed by atoms with Crippen molar-refractivity contribution in [3.63, 3.8) is 0 Å². The molecule has 156 valence electrons. The molecule has 0 fully saturated rings. The summed E-state index contributed by atoms with van der Waals surface area (Å²) in [5.41, 5.74) is 4.93. The van der Waals surface area contributed by atoms with Gasteiger partial charge >= 0.3 is 6.09 Å². The molecule has 0 bridgehead atoms. The number of carbonyl (C=O) groups excluding carboxylic acids is 1. The van der Waals surface area contributed by atoms with Gasteiger partial charge in [-0.1, -0.05) is 30.3 Å². The van der Waals surface area contributed by atoms with Crippen LogP contribution in [0.5, 0.6) is 5.88 Å². The summed E-state index contributed by atoms with van der Waals surface area (Å²) >= 11 is 0. The lowest BCUT2D eigenvalue weighted by molar-refractivity contribution is 0.180. The van der Waals surface area contributed by atoms with Crippen molar-refractivity contribution >= 4 is 34.1 Å². The first-order valence-corrected chi connectivity index (χ1v) is 9.71. The summed E-state index contributed by atoms with van der Waals surface area (Å²) in [5, 5.41) is 11.6. The van der Waals surface area contributed by atoms with E-state index in [0.717, 1.165) is 27.8 Å². The highest BCUT2D eigenvalue weighted by atomic mass is 16.5. The standard InChI is InChI=1S/C24H22N4O3/c1-15-13-17(11-12-25-15)26-22(16-7-5-4-6-8-16)21-19-14-18(28(2)24(30)31-3)9-10-20(19)27-23(21)29/h4-14,27,29H,1-3H3. The van der Waals surface area contributed by atoms with Crippen molar-refractivity contribution in [1.29, 1.82) is 0 Å². The number of benzene rings is 2. The molecule has 2 heterocycles. The summed E-state index contributed by atoms with van der Waals surface area (Å²) in [6, 6.07) is 18.8. The van der Waals surface area contributed by atoms with Crippen molar-refractivity contribution in [2.24, 2.45) is 4.99 Å². The second kappa shape index (κ2) is 8.31. The van der Waals surface area contributed by atoms with E-state index in [1.165, 1.54) is 12.0 Å². The third-order valence-corrected chi connectivity index (χ3v) is 5.00. The lowest BCUT2D eigenvalue weighted by Gasteiger charge is -2.16. The van der Waals surface area contributed by atoms with Crippen LogP contribution in [0.1, 0.15) is 16.8 Å². The number of nitrogens with zero attached hydrogens (tertiary/aromatic N) is 3. The van der Waals surface area contributed by atoms with Crippen molar-refractivity contribution in [1.82, 2.24) is 9.97 Å². The van der Waals surface area contributed by atoms with E-state index < -0.39 is 6.09 Å². The van der Waals surface area contributed by atoms with Gasteiger partial charge in [0.25, 0.3) is 0 Å². The van der Waals surface area contributed by atoms with Crippen LogP contribution in [0, 0.1) is 6.92 Å². The second-order valence-electron chi connectivity index (χ2n) is 7.09. The number of H-pyrrole nitrogens is 1. The Labute approximate surface area is 179 Å². The molecule has 0 atom stereocenters. The molecular formula is C24H22N4O3. The number of methoxy groups -OCH3 is 1. The van der Waals surface area contributed by atoms with Crippen molar-refractivity contribution in [2.45, 2.75) is 6.92 Å². The zero-order chi connectivity index (χ0) is 22.0. The zero-order valence-electron chi connectivity index (χ0n) is 17.5. The number of amides is 1. The molecule has 7 nitrogen and oxygen atoms in total. The van der Waals surface area contributed by atoms with Gasteiger partial charge in [-0.05, 0) is 37.3 Å². The van der Waals surface area contributed by atoms with E-state index >= 15 is 0 Å². The number of carbonyl (C=O) groups is 1. The molecule has 2 N–H and O–H groups in total. The molecule has 2 aromatic heterocycles. The van der Waals surface area contributed by atoms with Gasteiger partial charge in [-0.2, -0.15) is 0 Å². The van der Waals surface area contributed by atoms with Crippen molar-refractivity contribution in [3.8, 4) is 5.88 Å². The zero-order valence-corrected chi connectivity index (χ0v) is 17.5. The number of hydrogen-bond donors (Lipinski definition) is 2. The number of hydrogen-bond acceptors (Lipinski definition) is 5. The number of anilines is 1. The van der Waals surface area contributed by atoms with Crippen LogP contribution in [0.15, 0.2) is 71.9 Å². The van der Waals surface area contributed by atoms with Crippen LogP contribution in [-0.2, 0) is 4.74 Å². The van der Waals surface area contributed by atoms with E-state index in [9.17, 15) is 9.90 Å². The maximum atomic E-state index is 12.0. The molecule has 0 saturated heterocycles. The third kappa shape index (κ3) is 3.98. The highest BCUT2D eigenvalue weighted by Gasteiger charge is 2.20. The predicted molar refractivity (Wildman–Crippen MR) is 121 cm³/mol. The van der Waals surface area contributed by atoms with E-state index in [1.54, 1.807) is 19.3 Å². The average molecular weight is 414 g/mol. The van der Waals surface area contributed by atoms with Crippen LogP contribution in [0.4, 0.5) is 16.2 Å². The van der Waals surface area contributed by atoms with E-state index in [-0.39, 0.29) is 5.88 Å². The quantitative estimate of drug-likeness (QED) is 0.462. The normalized spacial score (nSPS) is 11.5. The van der Waals surface area contributed by atoms with Gasteiger partial charge in [0.2, 0.25) is 0 Å². The number of aromatic hydroxyl groups is 1. The van der Waals surface area contributed by atoms with Crippen LogP contribution in [0.2, 0.25) is 0 Å². The molecule has 4 aromatic rings. The Kier molecular flexibility index (Phi) is 5.41. The van der Waals surface area contributed by atoms with E-state index in [4.69, 9.17) is 9.73 Å². The Balaban J connectivity index is 1.95. The Morgan fingerprint density at radius 1 is 1.13 bits per heavy atom. The molecule has 0 aliphatic rings. The molecule has 0 spiro atoms. The lowest BCUT2D eigenvalue weighted by Crippen LogP contribution is -2.25. The number of aromatic nitrogens is 2. The molecule has 2 aromatic carbocycles. The van der Waals surface area contributed by atoms with Crippen LogP contribution >= 0.6 is 0 Å². The molecule has 31 heavy (non-hydrogen) atoms. The summed E-state index contributed by atoms with van der Waals surface area (Å²) in [7, 11) is 2.97. The summed E-state index contributed by atoms with van der Waals surface area (Å²) in [4.78, 5) is 25.5. The first-order chi connectivity index (χ1) is 15.0. The minimum absolute atomic E-state index is 0.00116. The molecule has 0 saturated carbocycles. The third-order valence-electron chi connectivity index (χ3n) is 5.00. The van der Waals surface area contributed by atoms with Gasteiger partial charge in [0.15, 0.2) is 5.88 Å². The Morgan fingerprint density at radius 3 is 2.61 bits per heavy atom. The maximum absolute atomic E-state index is 12.0. The number of ether oxygens (including phenoxy) is 1. The average Bonchev–Trinajstić information content (AvgIpc) is 3.11. The van der Waals surface area contributed by atoms with Crippen molar-refractivity contribution < 1.29 is 14.6 Å². The fourth-order valence-corrected chi connectivity index (χ4v) is 3.45. The Bertz CT molecular complexity index is 1280. The number of pyridine rings is 1. The van der Waals surface area contributed by atoms with Gasteiger partial charge in [0.1, 0.15) is 0 Å². The second-order valence-corrected chi connectivity index (χ2v) is 7.09. The van der Waals surface area contributed by atoms with Gasteiger partial charge in [-0.25, -0.2) is 9.79 Å². The van der Waals surface area contributed by atoms with Gasteiger partial charge in [-0.15, -0.1) is 0 Å². The van der Waals surface area contributed by atoms with Gasteiger partial charge in [0, 0.05) is 41.1 Å². The van der Waals surface area contributed by atoms with E-state index in [0.29, 0.717) is 17.0 Å². The first kappa shape index (κ1) is 20.2. The highest BCUT2D eigenvalue weighted by Crippen LogP contribution is 2.34. The van der Waals surface area contributed by atoms with Gasteiger partial charge in [-0.3, -0.25) is 9.88 Å². The van der Waals surface area contributed by atoms with Crippen LogP contribution in [0.25, 0.3) is 10.9 Å². The molecule has 7 heteroatoms. The number of nitrogens with one attached hydrogen (secondary N) is 1. The number of aryl methyl sites for hydroxylation is 1. The van der Waals surface area contributed by atoms with E-state index in [1.807, 2.05) is 61.5 Å². The molecule has 0 aliphatic heterocycles. The predicted octanol–water partition coefficient (Wildman–Crippen LogP) is 4.95. The SMILES string of the molecule is COC(=O)N(C)c1ccc2[nH]c(O)c(C(=Nc3ccnc(C)c3)c3ccccc3)c2c1. The van der Waals surface area contributed by atoms with Gasteiger partial charge in [0.05, 0.1) is 24.1 Å². The largest absolute Gasteiger partial charge is 0.494 e. The number of rotatable bonds is 4. The number of aliphatic imine (C=N–C) groups is 1. The number of fused-ring (bicyclic) bond motifs is 1. The van der Waals surface area contributed by atoms with Crippen LogP contribution in [0.3, 0.4) is 0 Å². The molecule has 0 radical (unpaired) electrons. The van der Waals surface area contributed by atoms with Gasteiger partial charge < -0.3 is 14.8 Å². The smallest absolute Gasteiger partial charge is 0.413 e. The molecule has 0 unspecified atom stereocenters. The van der Waals surface area contributed by atoms with Crippen LogP contribution < -0.4 is 4.90 Å². The summed E-state index contributed by atoms with van der Waals surface area (Å²) < 4.78 is 4.82. The van der Waals surface area contributed by atoms with E-state index in [2.05, 4.69) is 9.97 Å². The fraction of sp³-hybridized carbons (Fsp3) is 0.125. The van der Waals surface area contributed by atoms with Crippen molar-refractivity contribution in [2.75, 3.05) is 19.1 Å². The minimum Gasteiger partial charge on any atom is -0.494 e. The fourth-order valence-electron chi connectivity index (χ4n) is 3.45. The Morgan fingerprint density at radius 2 is 1.90 bits per heavy atom. The minimum atomic E-state index is -0.482. The maximum Gasteiger partial charge on any atom is 0.413 e. The first-order valence-electron chi connectivity index (χ1n) is 9.71. The molecule has 0 aliphatic carbocycles. The van der Waals surface area contributed by atoms with Crippen molar-refractivity contribution in [3.05, 3.63) is 83.7 Å². The molecule has 4 rings (SSSR count). The topological polar surface area (TPSA) is 90.8 Å². The number of aromatic amines is 1. The summed E-state index contributed by atoms with van der Waals surface area (Å²) in [5.74, 6) is 0.00116. The monoisotopic (exact) mass is 414 g/mol. The summed E-state index contributed by atoms with van der Waals surface area (Å²) in [6.45, 7) is 1.90. The molecule has 1 amide bonds. The molecular weight excluding hydrogens is 392 g/mol. The van der Waals surface area contributed by atoms with Crippen LogP contribution in [-0.4, -0.2) is 41.0 Å². The summed E-state index contributed by atoms with van der Waals surface area (Å²) in [6.07, 6.45) is 1.22. The highest BCUT2D eigenvalue weighted by molar-refractivity contribution is 6.22. The Hall–Kier alpha value is -4.13.